The largest absolute Gasteiger partial charge is 1.00 e. The molecule has 0 aliphatic heterocycles. The second-order valence-electron chi connectivity index (χ2n) is 10.9. The monoisotopic (exact) mass is 714 g/mol. The molecule has 1 aromatic carbocycles. The zero-order valence-electron chi connectivity index (χ0n) is 26.4. The second kappa shape index (κ2) is 23.6. The average Bonchev–Trinajstić information content (AvgIpc) is 2.98. The summed E-state index contributed by atoms with van der Waals surface area (Å²) in [5.74, 6) is -0.741. The van der Waals surface area contributed by atoms with Gasteiger partial charge in [0.1, 0.15) is 6.04 Å². The molecule has 1 saturated carbocycles. The summed E-state index contributed by atoms with van der Waals surface area (Å²) < 4.78 is 26.9. The summed E-state index contributed by atoms with van der Waals surface area (Å²) >= 11 is 0. The predicted octanol–water partition coefficient (Wildman–Crippen LogP) is -8.35. The van der Waals surface area contributed by atoms with Crippen LogP contribution in [-0.2, 0) is 31.0 Å². The van der Waals surface area contributed by atoms with Gasteiger partial charge in [0.25, 0.3) is 0 Å². The lowest BCUT2D eigenvalue weighted by molar-refractivity contribution is -0.135. The van der Waals surface area contributed by atoms with Crippen molar-refractivity contribution in [2.75, 3.05) is 39.3 Å². The van der Waals surface area contributed by atoms with Crippen molar-refractivity contribution in [2.24, 2.45) is 23.1 Å². The van der Waals surface area contributed by atoms with Crippen molar-refractivity contribution in [2.45, 2.75) is 88.7 Å². The standard InChI is InChI=1S/C29H51N7O5S.3ClH/c1-3-36(4-2)42(40,41)24-13-10-23(11-14-24)21-33-29(39)26(15-12-22-8-6-5-7-9-22)34-28(38)25(32)20-27(37)35(18-16-30)19-17-31;;;/h10-11,13-14,22,25-26H,3-9,12,15-21,30-32H2,1-2H3,(H,33,39)(H,34,38);3*1H/p-3/t25-,26-;;;/m0.../s1. The molecule has 45 heavy (non-hydrogen) atoms. The first kappa shape index (κ1) is 45.4. The minimum Gasteiger partial charge on any atom is -1.00 e. The Morgan fingerprint density at radius 1 is 0.911 bits per heavy atom. The van der Waals surface area contributed by atoms with Crippen molar-refractivity contribution in [3.63, 3.8) is 0 Å². The zero-order chi connectivity index (χ0) is 31.1. The maximum atomic E-state index is 13.3. The van der Waals surface area contributed by atoms with E-state index in [1.165, 1.54) is 40.6 Å². The van der Waals surface area contributed by atoms with Crippen LogP contribution in [0, 0.1) is 5.92 Å². The van der Waals surface area contributed by atoms with Gasteiger partial charge in [0.2, 0.25) is 27.7 Å². The number of nitrogens with zero attached hydrogens (tertiary/aromatic N) is 2. The number of amides is 3. The van der Waals surface area contributed by atoms with Gasteiger partial charge < -0.3 is 70.0 Å². The van der Waals surface area contributed by atoms with Crippen LogP contribution < -0.4 is 65.1 Å². The van der Waals surface area contributed by atoms with Gasteiger partial charge in [-0.1, -0.05) is 58.1 Å². The number of hydrogen-bond donors (Lipinski definition) is 5. The van der Waals surface area contributed by atoms with E-state index in [0.717, 1.165) is 24.8 Å². The lowest BCUT2D eigenvalue weighted by Crippen LogP contribution is -3.00. The predicted molar refractivity (Wildman–Crippen MR) is 163 cm³/mol. The highest BCUT2D eigenvalue weighted by atomic mass is 35.5. The molecular formula is C29H51Cl3N7O5S-3. The molecule has 0 bridgehead atoms. The molecule has 0 aromatic heterocycles. The van der Waals surface area contributed by atoms with E-state index in [1.54, 1.807) is 26.0 Å². The Morgan fingerprint density at radius 3 is 1.98 bits per heavy atom. The van der Waals surface area contributed by atoms with E-state index in [9.17, 15) is 22.8 Å². The first-order valence-electron chi connectivity index (χ1n) is 15.2. The fourth-order valence-electron chi connectivity index (χ4n) is 5.31. The molecule has 262 valence electrons. The molecule has 0 unspecified atom stereocenters. The number of carbonyl (C=O) groups excluding carboxylic acids is 3. The van der Waals surface area contributed by atoms with E-state index in [4.69, 9.17) is 17.2 Å². The third-order valence-electron chi connectivity index (χ3n) is 7.84. The Labute approximate surface area is 287 Å². The maximum absolute atomic E-state index is 13.3. The maximum Gasteiger partial charge on any atom is 0.243 e. The Kier molecular flexibility index (Phi) is 23.8. The lowest BCUT2D eigenvalue weighted by Gasteiger charge is -2.26. The van der Waals surface area contributed by atoms with E-state index in [2.05, 4.69) is 10.6 Å². The van der Waals surface area contributed by atoms with Gasteiger partial charge in [-0.15, -0.1) is 0 Å². The molecule has 0 spiro atoms. The second-order valence-corrected chi connectivity index (χ2v) is 12.8. The van der Waals surface area contributed by atoms with Crippen molar-refractivity contribution < 1.29 is 60.0 Å². The quantitative estimate of drug-likeness (QED) is 0.0989. The number of nitrogens with one attached hydrogen (secondary N) is 2. The van der Waals surface area contributed by atoms with Crippen LogP contribution in [0.1, 0.15) is 70.8 Å². The molecule has 0 heterocycles. The number of halogens is 3. The molecule has 16 heteroatoms. The summed E-state index contributed by atoms with van der Waals surface area (Å²) in [5.41, 5.74) is 18.0. The van der Waals surface area contributed by atoms with Crippen LogP contribution in [0.15, 0.2) is 29.2 Å². The first-order chi connectivity index (χ1) is 20.1. The van der Waals surface area contributed by atoms with Gasteiger partial charge in [0.05, 0.1) is 17.4 Å². The number of rotatable bonds is 18. The molecule has 1 aromatic rings. The summed E-state index contributed by atoms with van der Waals surface area (Å²) in [6.07, 6.45) is 6.81. The molecular weight excluding hydrogens is 665 g/mol. The van der Waals surface area contributed by atoms with Crippen LogP contribution in [0.3, 0.4) is 0 Å². The van der Waals surface area contributed by atoms with E-state index >= 15 is 0 Å². The van der Waals surface area contributed by atoms with Crippen LogP contribution >= 0.6 is 0 Å². The van der Waals surface area contributed by atoms with Gasteiger partial charge in [-0.3, -0.25) is 14.4 Å². The summed E-state index contributed by atoms with van der Waals surface area (Å²) in [6.45, 7) is 5.67. The number of benzene rings is 1. The van der Waals surface area contributed by atoms with Crippen molar-refractivity contribution in [3.8, 4) is 0 Å². The fourth-order valence-corrected chi connectivity index (χ4v) is 6.77. The summed E-state index contributed by atoms with van der Waals surface area (Å²) in [6, 6.07) is 4.47. The molecule has 2 atom stereocenters. The Morgan fingerprint density at radius 2 is 1.47 bits per heavy atom. The van der Waals surface area contributed by atoms with Gasteiger partial charge >= 0.3 is 0 Å². The van der Waals surface area contributed by atoms with Crippen molar-refractivity contribution >= 4 is 27.7 Å². The fraction of sp³-hybridized carbons (Fsp3) is 0.690. The van der Waals surface area contributed by atoms with E-state index in [0.29, 0.717) is 38.5 Å². The first-order valence-corrected chi connectivity index (χ1v) is 16.6. The highest BCUT2D eigenvalue weighted by Gasteiger charge is 2.28. The van der Waals surface area contributed by atoms with Gasteiger partial charge in [-0.25, -0.2) is 8.42 Å². The molecule has 1 aliphatic carbocycles. The molecule has 3 amide bonds. The topological polar surface area (TPSA) is 194 Å². The van der Waals surface area contributed by atoms with Gasteiger partial charge in [-0.05, 0) is 36.5 Å². The molecule has 8 N–H and O–H groups in total. The number of sulfonamides is 1. The number of hydrogen-bond acceptors (Lipinski definition) is 8. The third kappa shape index (κ3) is 14.7. The Balaban J connectivity index is 0. The zero-order valence-corrected chi connectivity index (χ0v) is 29.4. The van der Waals surface area contributed by atoms with Gasteiger partial charge in [0, 0.05) is 45.8 Å². The molecule has 12 nitrogen and oxygen atoms in total. The minimum atomic E-state index is -3.58. The van der Waals surface area contributed by atoms with Crippen LogP contribution in [0.25, 0.3) is 0 Å². The van der Waals surface area contributed by atoms with Crippen molar-refractivity contribution in [3.05, 3.63) is 29.8 Å². The van der Waals surface area contributed by atoms with Crippen LogP contribution in [0.5, 0.6) is 0 Å². The Bertz CT molecular complexity index is 1100. The normalized spacial score (nSPS) is 14.6. The van der Waals surface area contributed by atoms with Crippen LogP contribution in [-0.4, -0.2) is 86.7 Å². The summed E-state index contributed by atoms with van der Waals surface area (Å²) in [4.78, 5) is 40.6. The lowest BCUT2D eigenvalue weighted by atomic mass is 9.85. The molecule has 1 fully saturated rings. The summed E-state index contributed by atoms with van der Waals surface area (Å²) in [7, 11) is -3.58. The van der Waals surface area contributed by atoms with Crippen molar-refractivity contribution in [1.82, 2.24) is 19.8 Å². The van der Waals surface area contributed by atoms with Crippen molar-refractivity contribution in [1.29, 1.82) is 0 Å². The Hall–Kier alpha value is -1.71. The smallest absolute Gasteiger partial charge is 0.243 e. The number of carbonyl (C=O) groups is 3. The van der Waals surface area contributed by atoms with E-state index < -0.39 is 28.0 Å². The van der Waals surface area contributed by atoms with Gasteiger partial charge in [0.15, 0.2) is 0 Å². The molecule has 0 radical (unpaired) electrons. The average molecular weight is 716 g/mol. The summed E-state index contributed by atoms with van der Waals surface area (Å²) in [5, 5.41) is 5.64. The highest BCUT2D eigenvalue weighted by molar-refractivity contribution is 7.89. The molecule has 1 aliphatic rings. The van der Waals surface area contributed by atoms with Gasteiger partial charge in [-0.2, -0.15) is 4.31 Å². The van der Waals surface area contributed by atoms with Crippen LogP contribution in [0.2, 0.25) is 0 Å². The van der Waals surface area contributed by atoms with E-state index in [1.807, 2.05) is 0 Å². The third-order valence-corrected chi connectivity index (χ3v) is 9.90. The minimum absolute atomic E-state index is 0. The van der Waals surface area contributed by atoms with Crippen LogP contribution in [0.4, 0.5) is 0 Å². The van der Waals surface area contributed by atoms with E-state index in [-0.39, 0.29) is 80.0 Å². The number of nitrogens with two attached hydrogens (primary N) is 3. The molecule has 2 rings (SSSR count). The SMILES string of the molecule is CCN(CC)S(=O)(=O)c1ccc(CNC(=O)[C@H](CCC2CCCCC2)NC(=O)[C@@H](N)CC(=O)N(CCN)CCN)cc1.[Cl-].[Cl-].[Cl-]. The molecule has 0 saturated heterocycles. The highest BCUT2D eigenvalue weighted by Crippen LogP contribution is 2.28.